The summed E-state index contributed by atoms with van der Waals surface area (Å²) in [4.78, 5) is 0. The zero-order valence-electron chi connectivity index (χ0n) is 31.8. The van der Waals surface area contributed by atoms with Crippen LogP contribution in [0.1, 0.15) is 0 Å². The van der Waals surface area contributed by atoms with E-state index in [2.05, 4.69) is 218 Å². The fourth-order valence-corrected chi connectivity index (χ4v) is 9.57. The Hall–Kier alpha value is -7.54. The van der Waals surface area contributed by atoms with Gasteiger partial charge in [0.1, 0.15) is 0 Å². The number of rotatable bonds is 4. The van der Waals surface area contributed by atoms with Crippen molar-refractivity contribution in [2.24, 2.45) is 0 Å². The smallest absolute Gasteiger partial charge is 0.00988 e. The van der Waals surface area contributed by atoms with Crippen LogP contribution in [0.15, 0.2) is 218 Å². The third-order valence-electron chi connectivity index (χ3n) is 12.4. The van der Waals surface area contributed by atoms with Crippen LogP contribution in [0.4, 0.5) is 0 Å². The molecule has 12 rings (SSSR count). The van der Waals surface area contributed by atoms with Crippen molar-refractivity contribution >= 4 is 75.4 Å². The summed E-state index contributed by atoms with van der Waals surface area (Å²) in [7, 11) is 0. The first kappa shape index (κ1) is 32.7. The molecule has 0 aromatic heterocycles. The van der Waals surface area contributed by atoms with E-state index in [0.717, 1.165) is 0 Å². The Morgan fingerprint density at radius 2 is 0.466 bits per heavy atom. The molecule has 0 atom stereocenters. The van der Waals surface area contributed by atoms with Gasteiger partial charge in [0.25, 0.3) is 0 Å². The highest BCUT2D eigenvalue weighted by Gasteiger charge is 2.13. The molecule has 0 aliphatic rings. The lowest BCUT2D eigenvalue weighted by atomic mass is 9.90. The SMILES string of the molecule is c1cc(-c2ccc3c(ccc4c5ccc(-c6cccc(-c7cc8ccccc8c8ccccc78)c6)cc5ccc34)c2)cc(-c2cc3ccccc3c3ccccc23)c1. The van der Waals surface area contributed by atoms with Gasteiger partial charge in [0.2, 0.25) is 0 Å². The first-order chi connectivity index (χ1) is 28.7. The standard InChI is InChI=1S/C58H36/c1-3-17-47-43(11-1)35-57(53-21-7-5-19-51(47)53)41-15-9-13-37(31-41)39-23-27-49-45(33-39)25-29-56-50-28-24-40(34-46(50)26-30-55(49)56)38-14-10-16-42(32-38)58-36-44-12-2-4-18-48(44)52-20-6-8-22-54(52)58/h1-36H. The van der Waals surface area contributed by atoms with Gasteiger partial charge in [-0.05, 0) is 156 Å². The van der Waals surface area contributed by atoms with Gasteiger partial charge < -0.3 is 0 Å². The summed E-state index contributed by atoms with van der Waals surface area (Å²) in [5.41, 5.74) is 9.90. The average molecular weight is 733 g/mol. The van der Waals surface area contributed by atoms with Gasteiger partial charge in [-0.2, -0.15) is 0 Å². The largest absolute Gasteiger partial charge is 0.0616 e. The van der Waals surface area contributed by atoms with Gasteiger partial charge in [-0.15, -0.1) is 0 Å². The maximum Gasteiger partial charge on any atom is -0.00988 e. The molecule has 58 heavy (non-hydrogen) atoms. The number of benzene rings is 12. The molecule has 0 heteroatoms. The Balaban J connectivity index is 0.906. The maximum atomic E-state index is 2.35. The van der Waals surface area contributed by atoms with Gasteiger partial charge in [0.05, 0.1) is 0 Å². The number of hydrogen-bond acceptors (Lipinski definition) is 0. The van der Waals surface area contributed by atoms with Crippen LogP contribution in [0.5, 0.6) is 0 Å². The molecule has 0 aliphatic carbocycles. The topological polar surface area (TPSA) is 0 Å². The van der Waals surface area contributed by atoms with E-state index in [9.17, 15) is 0 Å². The second-order valence-corrected chi connectivity index (χ2v) is 15.6. The molecule has 0 radical (unpaired) electrons. The summed E-state index contributed by atoms with van der Waals surface area (Å²) in [6, 6.07) is 80.9. The molecule has 0 fully saturated rings. The molecule has 268 valence electrons. The molecule has 12 aromatic carbocycles. The third kappa shape index (κ3) is 5.23. The van der Waals surface area contributed by atoms with Gasteiger partial charge in [0.15, 0.2) is 0 Å². The van der Waals surface area contributed by atoms with Crippen molar-refractivity contribution in [2.45, 2.75) is 0 Å². The van der Waals surface area contributed by atoms with E-state index >= 15 is 0 Å². The van der Waals surface area contributed by atoms with Gasteiger partial charge >= 0.3 is 0 Å². The summed E-state index contributed by atoms with van der Waals surface area (Å²) in [6.45, 7) is 0. The third-order valence-corrected chi connectivity index (χ3v) is 12.4. The molecule has 0 heterocycles. The minimum atomic E-state index is 1.22. The van der Waals surface area contributed by atoms with E-state index < -0.39 is 0 Å². The Bertz CT molecular complexity index is 3380. The molecule has 12 aromatic rings. The van der Waals surface area contributed by atoms with E-state index in [4.69, 9.17) is 0 Å². The van der Waals surface area contributed by atoms with E-state index in [1.165, 1.54) is 120 Å². The molecular formula is C58H36. The van der Waals surface area contributed by atoms with Crippen LogP contribution in [-0.4, -0.2) is 0 Å². The van der Waals surface area contributed by atoms with Crippen molar-refractivity contribution < 1.29 is 0 Å². The molecule has 0 saturated carbocycles. The summed E-state index contributed by atoms with van der Waals surface area (Å²) < 4.78 is 0. The maximum absolute atomic E-state index is 2.35. The Morgan fingerprint density at radius 1 is 0.155 bits per heavy atom. The highest BCUT2D eigenvalue weighted by atomic mass is 14.2. The van der Waals surface area contributed by atoms with Crippen LogP contribution >= 0.6 is 0 Å². The Kier molecular flexibility index (Phi) is 7.33. The van der Waals surface area contributed by atoms with Crippen molar-refractivity contribution in [2.75, 3.05) is 0 Å². The van der Waals surface area contributed by atoms with E-state index in [1.807, 2.05) is 0 Å². The quantitative estimate of drug-likeness (QED) is 0.158. The van der Waals surface area contributed by atoms with Gasteiger partial charge in [0, 0.05) is 0 Å². The molecule has 0 aliphatic heterocycles. The highest BCUT2D eigenvalue weighted by Crippen LogP contribution is 2.40. The lowest BCUT2D eigenvalue weighted by Crippen LogP contribution is -1.87. The summed E-state index contributed by atoms with van der Waals surface area (Å²) in [6.07, 6.45) is 0. The highest BCUT2D eigenvalue weighted by molar-refractivity contribution is 6.19. The molecule has 0 spiro atoms. The van der Waals surface area contributed by atoms with Crippen LogP contribution in [0.25, 0.3) is 120 Å². The van der Waals surface area contributed by atoms with E-state index in [1.54, 1.807) is 0 Å². The number of hydrogen-bond donors (Lipinski definition) is 0. The lowest BCUT2D eigenvalue weighted by Gasteiger charge is -2.14. The first-order valence-electron chi connectivity index (χ1n) is 20.2. The predicted octanol–water partition coefficient (Wildman–Crippen LogP) is 16.4. The minimum Gasteiger partial charge on any atom is -0.0616 e. The monoisotopic (exact) mass is 732 g/mol. The Morgan fingerprint density at radius 3 is 0.931 bits per heavy atom. The summed E-state index contributed by atoms with van der Waals surface area (Å²) >= 11 is 0. The van der Waals surface area contributed by atoms with E-state index in [-0.39, 0.29) is 0 Å². The molecule has 0 bridgehead atoms. The van der Waals surface area contributed by atoms with Crippen molar-refractivity contribution in [1.29, 1.82) is 0 Å². The van der Waals surface area contributed by atoms with Crippen LogP contribution in [0.3, 0.4) is 0 Å². The summed E-state index contributed by atoms with van der Waals surface area (Å²) in [5, 5.41) is 17.9. The van der Waals surface area contributed by atoms with Crippen LogP contribution in [0.2, 0.25) is 0 Å². The van der Waals surface area contributed by atoms with Gasteiger partial charge in [-0.1, -0.05) is 182 Å². The fraction of sp³-hybridized carbons (Fsp3) is 0. The van der Waals surface area contributed by atoms with Crippen LogP contribution in [-0.2, 0) is 0 Å². The van der Waals surface area contributed by atoms with Crippen molar-refractivity contribution in [3.05, 3.63) is 218 Å². The van der Waals surface area contributed by atoms with Gasteiger partial charge in [-0.3, -0.25) is 0 Å². The minimum absolute atomic E-state index is 1.22. The van der Waals surface area contributed by atoms with Crippen LogP contribution < -0.4 is 0 Å². The zero-order valence-corrected chi connectivity index (χ0v) is 31.8. The number of fused-ring (bicyclic) bond motifs is 11. The zero-order chi connectivity index (χ0) is 38.2. The second-order valence-electron chi connectivity index (χ2n) is 15.6. The van der Waals surface area contributed by atoms with Gasteiger partial charge in [-0.25, -0.2) is 0 Å². The van der Waals surface area contributed by atoms with Crippen molar-refractivity contribution in [3.8, 4) is 44.5 Å². The molecule has 0 amide bonds. The molecular weight excluding hydrogens is 697 g/mol. The normalized spacial score (nSPS) is 11.8. The predicted molar refractivity (Wildman–Crippen MR) is 251 cm³/mol. The first-order valence-corrected chi connectivity index (χ1v) is 20.2. The average Bonchev–Trinajstić information content (AvgIpc) is 3.30. The molecule has 0 N–H and O–H groups in total. The second kappa shape index (κ2) is 13.0. The lowest BCUT2D eigenvalue weighted by molar-refractivity contribution is 1.62. The molecule has 0 saturated heterocycles. The summed E-state index contributed by atoms with van der Waals surface area (Å²) in [5.74, 6) is 0. The van der Waals surface area contributed by atoms with Crippen molar-refractivity contribution in [3.63, 3.8) is 0 Å². The van der Waals surface area contributed by atoms with E-state index in [0.29, 0.717) is 0 Å². The van der Waals surface area contributed by atoms with Crippen molar-refractivity contribution in [1.82, 2.24) is 0 Å². The fourth-order valence-electron chi connectivity index (χ4n) is 9.57. The molecule has 0 nitrogen and oxygen atoms in total. The van der Waals surface area contributed by atoms with Crippen LogP contribution in [0, 0.1) is 0 Å². The molecule has 0 unspecified atom stereocenters. The Labute approximate surface area is 336 Å².